The first-order chi connectivity index (χ1) is 15.2. The van der Waals surface area contributed by atoms with Gasteiger partial charge in [-0.2, -0.15) is 0 Å². The smallest absolute Gasteiger partial charge is 0.162 e. The van der Waals surface area contributed by atoms with Crippen LogP contribution in [0.4, 0.5) is 15.9 Å². The Balaban J connectivity index is 1.47. The van der Waals surface area contributed by atoms with Gasteiger partial charge in [0.05, 0.1) is 25.3 Å². The van der Waals surface area contributed by atoms with Gasteiger partial charge in [-0.25, -0.2) is 14.4 Å². The molecule has 0 spiro atoms. The second kappa shape index (κ2) is 9.89. The molecule has 3 aromatic rings. The number of nitrogens with one attached hydrogen (secondary N) is 1. The predicted molar refractivity (Wildman–Crippen MR) is 118 cm³/mol. The summed E-state index contributed by atoms with van der Waals surface area (Å²) in [4.78, 5) is 11.1. The number of nitrogens with zero attached hydrogens (tertiary/aromatic N) is 3. The van der Waals surface area contributed by atoms with Crippen LogP contribution in [0.5, 0.6) is 11.5 Å². The molecule has 1 fully saturated rings. The minimum atomic E-state index is -0.316. The summed E-state index contributed by atoms with van der Waals surface area (Å²) in [7, 11) is 3.38. The lowest BCUT2D eigenvalue weighted by Gasteiger charge is -2.17. The molecule has 1 aliphatic rings. The Morgan fingerprint density at radius 2 is 2.06 bits per heavy atom. The zero-order valence-electron chi connectivity index (χ0n) is 17.8. The SMILES string of the molecule is COc1cc2ncnc(Nc3cccc(F)c3)c2cc1OCCCN1CC[C@@H](OC)C1. The van der Waals surface area contributed by atoms with Gasteiger partial charge in [-0.3, -0.25) is 0 Å². The zero-order valence-corrected chi connectivity index (χ0v) is 17.8. The van der Waals surface area contributed by atoms with E-state index in [-0.39, 0.29) is 5.82 Å². The number of hydrogen-bond acceptors (Lipinski definition) is 7. The van der Waals surface area contributed by atoms with Gasteiger partial charge < -0.3 is 24.4 Å². The zero-order chi connectivity index (χ0) is 21.6. The highest BCUT2D eigenvalue weighted by molar-refractivity contribution is 5.93. The van der Waals surface area contributed by atoms with E-state index in [1.807, 2.05) is 12.1 Å². The van der Waals surface area contributed by atoms with Gasteiger partial charge in [0.1, 0.15) is 18.0 Å². The molecule has 0 bridgehead atoms. The third-order valence-corrected chi connectivity index (χ3v) is 5.45. The van der Waals surface area contributed by atoms with E-state index in [0.29, 0.717) is 41.2 Å². The maximum atomic E-state index is 13.6. The summed E-state index contributed by atoms with van der Waals surface area (Å²) in [5, 5.41) is 3.93. The molecular weight excluding hydrogens is 399 g/mol. The molecule has 1 atom stereocenters. The number of benzene rings is 2. The van der Waals surface area contributed by atoms with Crippen LogP contribution in [0.2, 0.25) is 0 Å². The molecular formula is C23H27FN4O3. The second-order valence-corrected chi connectivity index (χ2v) is 7.53. The summed E-state index contributed by atoms with van der Waals surface area (Å²) >= 11 is 0. The minimum absolute atomic E-state index is 0.316. The third kappa shape index (κ3) is 5.21. The first kappa shape index (κ1) is 21.3. The Morgan fingerprint density at radius 3 is 2.84 bits per heavy atom. The average molecular weight is 426 g/mol. The Bertz CT molecular complexity index is 1030. The molecule has 0 amide bonds. The van der Waals surface area contributed by atoms with Crippen molar-refractivity contribution in [3.05, 3.63) is 48.5 Å². The minimum Gasteiger partial charge on any atom is -0.493 e. The third-order valence-electron chi connectivity index (χ3n) is 5.45. The van der Waals surface area contributed by atoms with Crippen LogP contribution in [-0.2, 0) is 4.74 Å². The van der Waals surface area contributed by atoms with E-state index in [4.69, 9.17) is 14.2 Å². The normalized spacial score (nSPS) is 16.5. The predicted octanol–water partition coefficient (Wildman–Crippen LogP) is 4.01. The van der Waals surface area contributed by atoms with Crippen molar-refractivity contribution in [3.8, 4) is 11.5 Å². The fourth-order valence-electron chi connectivity index (χ4n) is 3.80. The lowest BCUT2D eigenvalue weighted by molar-refractivity contribution is 0.107. The van der Waals surface area contributed by atoms with Crippen molar-refractivity contribution in [2.45, 2.75) is 18.9 Å². The van der Waals surface area contributed by atoms with Crippen molar-refractivity contribution in [1.82, 2.24) is 14.9 Å². The van der Waals surface area contributed by atoms with Crippen LogP contribution in [0.15, 0.2) is 42.7 Å². The highest BCUT2D eigenvalue weighted by atomic mass is 19.1. The van der Waals surface area contributed by atoms with Crippen LogP contribution >= 0.6 is 0 Å². The van der Waals surface area contributed by atoms with Crippen LogP contribution < -0.4 is 14.8 Å². The van der Waals surface area contributed by atoms with Crippen molar-refractivity contribution < 1.29 is 18.6 Å². The molecule has 1 aromatic heterocycles. The highest BCUT2D eigenvalue weighted by Crippen LogP contribution is 2.34. The van der Waals surface area contributed by atoms with Crippen molar-refractivity contribution in [2.24, 2.45) is 0 Å². The van der Waals surface area contributed by atoms with Gasteiger partial charge in [0.25, 0.3) is 0 Å². The van der Waals surface area contributed by atoms with Crippen molar-refractivity contribution in [1.29, 1.82) is 0 Å². The Kier molecular flexibility index (Phi) is 6.79. The van der Waals surface area contributed by atoms with Crippen LogP contribution in [0, 0.1) is 5.82 Å². The highest BCUT2D eigenvalue weighted by Gasteiger charge is 2.21. The number of aromatic nitrogens is 2. The molecule has 2 heterocycles. The van der Waals surface area contributed by atoms with E-state index in [2.05, 4.69) is 20.2 Å². The number of likely N-dealkylation sites (tertiary alicyclic amines) is 1. The van der Waals surface area contributed by atoms with E-state index in [0.717, 1.165) is 37.9 Å². The van der Waals surface area contributed by atoms with Gasteiger partial charge in [0.15, 0.2) is 11.5 Å². The fourth-order valence-corrected chi connectivity index (χ4v) is 3.80. The van der Waals surface area contributed by atoms with Crippen LogP contribution in [0.1, 0.15) is 12.8 Å². The molecule has 8 heteroatoms. The molecule has 0 radical (unpaired) electrons. The van der Waals surface area contributed by atoms with Gasteiger partial charge in [0.2, 0.25) is 0 Å². The lowest BCUT2D eigenvalue weighted by atomic mass is 10.2. The molecule has 0 saturated carbocycles. The average Bonchev–Trinajstić information content (AvgIpc) is 3.24. The molecule has 164 valence electrons. The van der Waals surface area contributed by atoms with E-state index in [9.17, 15) is 4.39 Å². The monoisotopic (exact) mass is 426 g/mol. The van der Waals surface area contributed by atoms with Crippen molar-refractivity contribution in [2.75, 3.05) is 45.8 Å². The molecule has 1 aliphatic heterocycles. The molecule has 31 heavy (non-hydrogen) atoms. The number of halogens is 1. The molecule has 1 saturated heterocycles. The van der Waals surface area contributed by atoms with E-state index >= 15 is 0 Å². The summed E-state index contributed by atoms with van der Waals surface area (Å²) in [5.74, 6) is 1.50. The Hall–Kier alpha value is -2.97. The van der Waals surface area contributed by atoms with Gasteiger partial charge in [0, 0.05) is 43.9 Å². The maximum absolute atomic E-state index is 13.6. The van der Waals surface area contributed by atoms with Gasteiger partial charge in [-0.15, -0.1) is 0 Å². The second-order valence-electron chi connectivity index (χ2n) is 7.53. The van der Waals surface area contributed by atoms with Gasteiger partial charge in [-0.05, 0) is 37.1 Å². The summed E-state index contributed by atoms with van der Waals surface area (Å²) in [6.07, 6.45) is 3.78. The molecule has 0 aliphatic carbocycles. The number of rotatable bonds is 9. The fraction of sp³-hybridized carbons (Fsp3) is 0.391. The molecule has 4 rings (SSSR count). The molecule has 2 aromatic carbocycles. The number of hydrogen-bond donors (Lipinski definition) is 1. The van der Waals surface area contributed by atoms with Crippen LogP contribution in [0.25, 0.3) is 10.9 Å². The van der Waals surface area contributed by atoms with Gasteiger partial charge >= 0.3 is 0 Å². The summed E-state index contributed by atoms with van der Waals surface area (Å²) in [6.45, 7) is 3.56. The topological polar surface area (TPSA) is 68.7 Å². The van der Waals surface area contributed by atoms with Crippen molar-refractivity contribution in [3.63, 3.8) is 0 Å². The van der Waals surface area contributed by atoms with E-state index < -0.39 is 0 Å². The number of fused-ring (bicyclic) bond motifs is 1. The maximum Gasteiger partial charge on any atom is 0.162 e. The molecule has 1 N–H and O–H groups in total. The molecule has 0 unspecified atom stereocenters. The largest absolute Gasteiger partial charge is 0.493 e. The summed E-state index contributed by atoms with van der Waals surface area (Å²) < 4.78 is 30.5. The number of ether oxygens (including phenoxy) is 3. The number of anilines is 2. The van der Waals surface area contributed by atoms with Crippen molar-refractivity contribution >= 4 is 22.4 Å². The first-order valence-electron chi connectivity index (χ1n) is 10.4. The summed E-state index contributed by atoms with van der Waals surface area (Å²) in [5.41, 5.74) is 1.32. The van der Waals surface area contributed by atoms with E-state index in [1.165, 1.54) is 18.5 Å². The number of methoxy groups -OCH3 is 2. The lowest BCUT2D eigenvalue weighted by Crippen LogP contribution is -2.25. The summed E-state index contributed by atoms with van der Waals surface area (Å²) in [6, 6.07) is 9.94. The van der Waals surface area contributed by atoms with Crippen LogP contribution in [0.3, 0.4) is 0 Å². The molecule has 7 nitrogen and oxygen atoms in total. The van der Waals surface area contributed by atoms with E-state index in [1.54, 1.807) is 26.4 Å². The van der Waals surface area contributed by atoms with Crippen LogP contribution in [-0.4, -0.2) is 61.4 Å². The quantitative estimate of drug-likeness (QED) is 0.519. The van der Waals surface area contributed by atoms with Gasteiger partial charge in [-0.1, -0.05) is 6.07 Å². The Morgan fingerprint density at radius 1 is 1.16 bits per heavy atom. The first-order valence-corrected chi connectivity index (χ1v) is 10.4. The standard InChI is InChI=1S/C23H27FN4O3/c1-29-18-7-9-28(14-18)8-4-10-31-22-12-19-20(13-21(22)30-2)25-15-26-23(19)27-17-6-3-5-16(24)11-17/h3,5-6,11-13,15,18H,4,7-10,14H2,1-2H3,(H,25,26,27)/t18-/m1/s1. The Labute approximate surface area is 181 Å².